The Hall–Kier alpha value is -3.03. The van der Waals surface area contributed by atoms with Crippen LogP contribution in [-0.2, 0) is 4.79 Å². The molecule has 2 aromatic rings. The molecule has 144 valence electrons. The van der Waals surface area contributed by atoms with E-state index < -0.39 is 18.3 Å². The quantitative estimate of drug-likeness (QED) is 0.735. The van der Waals surface area contributed by atoms with Crippen LogP contribution in [0.5, 0.6) is 11.5 Å². The van der Waals surface area contributed by atoms with E-state index in [9.17, 15) is 22.8 Å². The number of ether oxygens (including phenoxy) is 2. The monoisotopic (exact) mass is 381 g/mol. The van der Waals surface area contributed by atoms with Gasteiger partial charge in [0, 0.05) is 5.56 Å². The maximum Gasteiger partial charge on any atom is 0.573 e. The van der Waals surface area contributed by atoms with E-state index >= 15 is 0 Å². The Kier molecular flexibility index (Phi) is 6.44. The van der Waals surface area contributed by atoms with Gasteiger partial charge in [0.15, 0.2) is 12.4 Å². The van der Waals surface area contributed by atoms with Crippen LogP contribution in [0.3, 0.4) is 0 Å². The van der Waals surface area contributed by atoms with Gasteiger partial charge in [-0.25, -0.2) is 0 Å². The molecule has 0 fully saturated rings. The second kappa shape index (κ2) is 8.57. The average Bonchev–Trinajstić information content (AvgIpc) is 2.59. The number of carbonyl (C=O) groups is 2. The molecule has 0 aliphatic carbocycles. The van der Waals surface area contributed by atoms with Crippen LogP contribution in [0.25, 0.3) is 0 Å². The van der Waals surface area contributed by atoms with E-state index in [1.54, 1.807) is 31.2 Å². The molecule has 8 heteroatoms. The fourth-order valence-electron chi connectivity index (χ4n) is 2.26. The minimum Gasteiger partial charge on any atom is -0.484 e. The van der Waals surface area contributed by atoms with Crippen LogP contribution in [0.2, 0.25) is 0 Å². The van der Waals surface area contributed by atoms with Crippen molar-refractivity contribution in [2.75, 3.05) is 6.61 Å². The maximum absolute atomic E-state index is 12.1. The SMILES string of the molecule is CC(=O)c1ccc(OCC(=O)NC(C)c2ccc(OC(F)(F)F)cc2)cc1. The Morgan fingerprint density at radius 2 is 1.56 bits per heavy atom. The molecule has 2 aromatic carbocycles. The fourth-order valence-corrected chi connectivity index (χ4v) is 2.26. The lowest BCUT2D eigenvalue weighted by atomic mass is 10.1. The summed E-state index contributed by atoms with van der Waals surface area (Å²) in [7, 11) is 0. The topological polar surface area (TPSA) is 64.6 Å². The average molecular weight is 381 g/mol. The highest BCUT2D eigenvalue weighted by atomic mass is 19.4. The van der Waals surface area contributed by atoms with Gasteiger partial charge >= 0.3 is 6.36 Å². The van der Waals surface area contributed by atoms with E-state index in [0.29, 0.717) is 16.9 Å². The van der Waals surface area contributed by atoms with Gasteiger partial charge in [-0.05, 0) is 55.8 Å². The lowest BCUT2D eigenvalue weighted by Gasteiger charge is -2.16. The Morgan fingerprint density at radius 3 is 2.07 bits per heavy atom. The highest BCUT2D eigenvalue weighted by Gasteiger charge is 2.31. The molecule has 0 aliphatic rings. The number of hydrogen-bond donors (Lipinski definition) is 1. The van der Waals surface area contributed by atoms with Crippen molar-refractivity contribution >= 4 is 11.7 Å². The molecule has 2 rings (SSSR count). The minimum absolute atomic E-state index is 0.0697. The van der Waals surface area contributed by atoms with Gasteiger partial charge < -0.3 is 14.8 Å². The number of ketones is 1. The second-order valence-electron chi connectivity index (χ2n) is 5.78. The van der Waals surface area contributed by atoms with Crippen molar-refractivity contribution in [1.82, 2.24) is 5.32 Å². The zero-order valence-electron chi connectivity index (χ0n) is 14.7. The summed E-state index contributed by atoms with van der Waals surface area (Å²) in [6.07, 6.45) is -4.75. The van der Waals surface area contributed by atoms with Gasteiger partial charge in [-0.15, -0.1) is 13.2 Å². The molecule has 1 unspecified atom stereocenters. The molecule has 1 amide bonds. The first kappa shape index (κ1) is 20.3. The van der Waals surface area contributed by atoms with Gasteiger partial charge in [0.1, 0.15) is 11.5 Å². The van der Waals surface area contributed by atoms with Crippen LogP contribution in [0.1, 0.15) is 35.8 Å². The minimum atomic E-state index is -4.75. The summed E-state index contributed by atoms with van der Waals surface area (Å²) in [5.41, 5.74) is 1.15. The van der Waals surface area contributed by atoms with Gasteiger partial charge in [0.2, 0.25) is 0 Å². The first-order valence-electron chi connectivity index (χ1n) is 8.03. The smallest absolute Gasteiger partial charge is 0.484 e. The Bertz CT molecular complexity index is 786. The Labute approximate surface area is 154 Å². The van der Waals surface area contributed by atoms with E-state index in [1.807, 2.05) is 0 Å². The molecular weight excluding hydrogens is 363 g/mol. The van der Waals surface area contributed by atoms with E-state index in [2.05, 4.69) is 10.1 Å². The van der Waals surface area contributed by atoms with Crippen molar-refractivity contribution < 1.29 is 32.2 Å². The Balaban J connectivity index is 1.85. The van der Waals surface area contributed by atoms with Crippen molar-refractivity contribution in [3.05, 3.63) is 59.7 Å². The van der Waals surface area contributed by atoms with Crippen LogP contribution >= 0.6 is 0 Å². The molecule has 0 radical (unpaired) electrons. The van der Waals surface area contributed by atoms with Crippen LogP contribution in [0.15, 0.2) is 48.5 Å². The lowest BCUT2D eigenvalue weighted by molar-refractivity contribution is -0.274. The standard InChI is InChI=1S/C19H18F3NO4/c1-12(14-3-9-17(10-4-14)27-19(20,21)22)23-18(25)11-26-16-7-5-15(6-8-16)13(2)24/h3-10,12H,11H2,1-2H3,(H,23,25). The summed E-state index contributed by atoms with van der Waals surface area (Å²) in [5, 5.41) is 2.68. The molecule has 0 saturated heterocycles. The molecule has 0 aliphatic heterocycles. The highest BCUT2D eigenvalue weighted by molar-refractivity contribution is 5.94. The molecule has 0 saturated carbocycles. The summed E-state index contributed by atoms with van der Waals surface area (Å²) >= 11 is 0. The number of carbonyl (C=O) groups excluding carboxylic acids is 2. The summed E-state index contributed by atoms with van der Waals surface area (Å²) in [6.45, 7) is 2.91. The van der Waals surface area contributed by atoms with Crippen molar-refractivity contribution in [3.8, 4) is 11.5 Å². The number of hydrogen-bond acceptors (Lipinski definition) is 4. The summed E-state index contributed by atoms with van der Waals surface area (Å²) in [6, 6.07) is 11.2. The van der Waals surface area contributed by atoms with Crippen molar-refractivity contribution in [1.29, 1.82) is 0 Å². The van der Waals surface area contributed by atoms with Gasteiger partial charge in [0.25, 0.3) is 5.91 Å². The molecular formula is C19H18F3NO4. The van der Waals surface area contributed by atoms with Gasteiger partial charge in [-0.1, -0.05) is 12.1 Å². The molecule has 0 bridgehead atoms. The maximum atomic E-state index is 12.1. The number of halogens is 3. The molecule has 0 heterocycles. The molecule has 0 spiro atoms. The van der Waals surface area contributed by atoms with Crippen LogP contribution in [0, 0.1) is 0 Å². The van der Waals surface area contributed by atoms with Crippen LogP contribution in [0.4, 0.5) is 13.2 Å². The molecule has 5 nitrogen and oxygen atoms in total. The molecule has 27 heavy (non-hydrogen) atoms. The predicted molar refractivity (Wildman–Crippen MR) is 91.6 cm³/mol. The number of nitrogens with one attached hydrogen (secondary N) is 1. The van der Waals surface area contributed by atoms with E-state index in [4.69, 9.17) is 4.74 Å². The normalized spacial score (nSPS) is 12.2. The van der Waals surface area contributed by atoms with Gasteiger partial charge in [0.05, 0.1) is 6.04 Å². The number of amides is 1. The van der Waals surface area contributed by atoms with Crippen molar-refractivity contribution in [3.63, 3.8) is 0 Å². The van der Waals surface area contributed by atoms with E-state index in [-0.39, 0.29) is 18.1 Å². The first-order chi connectivity index (χ1) is 12.6. The number of Topliss-reactive ketones (excluding diaryl/α,β-unsaturated/α-hetero) is 1. The zero-order valence-corrected chi connectivity index (χ0v) is 14.7. The largest absolute Gasteiger partial charge is 0.573 e. The third kappa shape index (κ3) is 6.65. The Morgan fingerprint density at radius 1 is 1.00 bits per heavy atom. The lowest BCUT2D eigenvalue weighted by Crippen LogP contribution is -2.31. The van der Waals surface area contributed by atoms with Gasteiger partial charge in [-0.2, -0.15) is 0 Å². The zero-order chi connectivity index (χ0) is 20.0. The van der Waals surface area contributed by atoms with Crippen LogP contribution < -0.4 is 14.8 Å². The molecule has 1 atom stereocenters. The summed E-state index contributed by atoms with van der Waals surface area (Å²) in [5.74, 6) is -0.355. The van der Waals surface area contributed by atoms with E-state index in [0.717, 1.165) is 0 Å². The van der Waals surface area contributed by atoms with Crippen LogP contribution in [-0.4, -0.2) is 24.7 Å². The highest BCUT2D eigenvalue weighted by Crippen LogP contribution is 2.24. The summed E-state index contributed by atoms with van der Waals surface area (Å²) < 4.78 is 45.6. The molecule has 0 aromatic heterocycles. The van der Waals surface area contributed by atoms with E-state index in [1.165, 1.54) is 31.2 Å². The number of rotatable bonds is 7. The third-order valence-corrected chi connectivity index (χ3v) is 3.62. The second-order valence-corrected chi connectivity index (χ2v) is 5.78. The molecule has 1 N–H and O–H groups in total. The third-order valence-electron chi connectivity index (χ3n) is 3.62. The number of benzene rings is 2. The fraction of sp³-hybridized carbons (Fsp3) is 0.263. The van der Waals surface area contributed by atoms with Gasteiger partial charge in [-0.3, -0.25) is 9.59 Å². The predicted octanol–water partition coefficient (Wildman–Crippen LogP) is 4.04. The van der Waals surface area contributed by atoms with Crippen molar-refractivity contribution in [2.45, 2.75) is 26.3 Å². The number of alkyl halides is 3. The first-order valence-corrected chi connectivity index (χ1v) is 8.03. The van der Waals surface area contributed by atoms with Crippen molar-refractivity contribution in [2.24, 2.45) is 0 Å². The summed E-state index contributed by atoms with van der Waals surface area (Å²) in [4.78, 5) is 23.2.